The molecule has 0 bridgehead atoms. The van der Waals surface area contributed by atoms with E-state index in [-0.39, 0.29) is 24.3 Å². The lowest BCUT2D eigenvalue weighted by atomic mass is 9.90. The van der Waals surface area contributed by atoms with Crippen LogP contribution in [0.1, 0.15) is 38.7 Å². The Hall–Kier alpha value is -2.38. The first-order chi connectivity index (χ1) is 14.8. The van der Waals surface area contributed by atoms with Crippen LogP contribution in [0.5, 0.6) is 0 Å². The van der Waals surface area contributed by atoms with Crippen molar-refractivity contribution < 1.29 is 17.9 Å². The number of hydrogen-bond donors (Lipinski definition) is 1. The van der Waals surface area contributed by atoms with E-state index in [1.807, 2.05) is 44.2 Å². The Kier molecular flexibility index (Phi) is 7.73. The van der Waals surface area contributed by atoms with Gasteiger partial charge in [0.15, 0.2) is 0 Å². The second-order valence-electron chi connectivity index (χ2n) is 8.27. The molecular formula is C24H32N2O4S. The third-order valence-electron chi connectivity index (χ3n) is 5.73. The second-order valence-corrected chi connectivity index (χ2v) is 10.1. The fourth-order valence-corrected chi connectivity index (χ4v) is 4.85. The zero-order chi connectivity index (χ0) is 22.4. The number of ether oxygens (including phenoxy) is 1. The van der Waals surface area contributed by atoms with Crippen LogP contribution in [0.4, 0.5) is 4.79 Å². The number of piperidine rings is 1. The molecule has 1 saturated heterocycles. The molecule has 1 fully saturated rings. The Balaban J connectivity index is 1.88. The van der Waals surface area contributed by atoms with Crippen LogP contribution in [0.25, 0.3) is 11.1 Å². The molecule has 2 aromatic rings. The molecule has 1 aliphatic rings. The average molecular weight is 445 g/mol. The van der Waals surface area contributed by atoms with Crippen LogP contribution in [0.2, 0.25) is 0 Å². The minimum atomic E-state index is -3.41. The van der Waals surface area contributed by atoms with Crippen molar-refractivity contribution in [2.24, 2.45) is 0 Å². The Morgan fingerprint density at radius 2 is 1.87 bits per heavy atom. The van der Waals surface area contributed by atoms with Gasteiger partial charge in [-0.05, 0) is 49.3 Å². The van der Waals surface area contributed by atoms with Crippen LogP contribution < -0.4 is 4.72 Å². The normalized spacial score (nSPS) is 20.3. The standard InChI is InChI=1S/C24H32N2O4S/c1-4-18(2)30-24(27)26-15-9-14-22(25-31(3,28)29)23(26)17-19-10-8-13-21(16-19)20-11-6-5-7-12-20/h5-8,10-13,16,18,22-23,25H,4,9,14-15,17H2,1-3H3. The molecule has 6 nitrogen and oxygen atoms in total. The zero-order valence-electron chi connectivity index (χ0n) is 18.5. The summed E-state index contributed by atoms with van der Waals surface area (Å²) in [5.41, 5.74) is 3.26. The van der Waals surface area contributed by atoms with E-state index >= 15 is 0 Å². The summed E-state index contributed by atoms with van der Waals surface area (Å²) >= 11 is 0. The van der Waals surface area contributed by atoms with Gasteiger partial charge in [0.25, 0.3) is 0 Å². The van der Waals surface area contributed by atoms with Gasteiger partial charge < -0.3 is 9.64 Å². The quantitative estimate of drug-likeness (QED) is 0.694. The predicted octanol–water partition coefficient (Wildman–Crippen LogP) is 4.21. The molecule has 0 spiro atoms. The highest BCUT2D eigenvalue weighted by molar-refractivity contribution is 7.88. The number of amides is 1. The van der Waals surface area contributed by atoms with Crippen LogP contribution in [0.3, 0.4) is 0 Å². The van der Waals surface area contributed by atoms with Gasteiger partial charge in [-0.25, -0.2) is 17.9 Å². The monoisotopic (exact) mass is 444 g/mol. The van der Waals surface area contributed by atoms with E-state index in [4.69, 9.17) is 4.74 Å². The van der Waals surface area contributed by atoms with E-state index < -0.39 is 10.0 Å². The van der Waals surface area contributed by atoms with E-state index in [2.05, 4.69) is 29.0 Å². The summed E-state index contributed by atoms with van der Waals surface area (Å²) in [4.78, 5) is 14.6. The molecule has 0 aromatic heterocycles. The number of hydrogen-bond acceptors (Lipinski definition) is 4. The van der Waals surface area contributed by atoms with Gasteiger partial charge in [-0.3, -0.25) is 0 Å². The van der Waals surface area contributed by atoms with E-state index in [1.54, 1.807) is 4.90 Å². The van der Waals surface area contributed by atoms with Crippen molar-refractivity contribution in [3.8, 4) is 11.1 Å². The number of sulfonamides is 1. The van der Waals surface area contributed by atoms with Gasteiger partial charge >= 0.3 is 6.09 Å². The largest absolute Gasteiger partial charge is 0.446 e. The van der Waals surface area contributed by atoms with E-state index in [9.17, 15) is 13.2 Å². The minimum Gasteiger partial charge on any atom is -0.446 e. The van der Waals surface area contributed by atoms with Gasteiger partial charge in [0.05, 0.1) is 12.3 Å². The molecule has 1 aliphatic heterocycles. The van der Waals surface area contributed by atoms with E-state index in [0.29, 0.717) is 19.4 Å². The molecule has 0 radical (unpaired) electrons. The maximum atomic E-state index is 12.9. The van der Waals surface area contributed by atoms with Crippen molar-refractivity contribution in [1.29, 1.82) is 0 Å². The smallest absolute Gasteiger partial charge is 0.410 e. The first kappa shape index (κ1) is 23.3. The molecule has 0 saturated carbocycles. The lowest BCUT2D eigenvalue weighted by molar-refractivity contribution is 0.0400. The molecular weight excluding hydrogens is 412 g/mol. The Morgan fingerprint density at radius 3 is 2.55 bits per heavy atom. The van der Waals surface area contributed by atoms with E-state index in [0.717, 1.165) is 35.8 Å². The van der Waals surface area contributed by atoms with Crippen molar-refractivity contribution in [1.82, 2.24) is 9.62 Å². The number of benzene rings is 2. The highest BCUT2D eigenvalue weighted by atomic mass is 32.2. The van der Waals surface area contributed by atoms with Gasteiger partial charge in [-0.15, -0.1) is 0 Å². The third-order valence-corrected chi connectivity index (χ3v) is 6.47. The maximum Gasteiger partial charge on any atom is 0.410 e. The van der Waals surface area contributed by atoms with Crippen molar-refractivity contribution in [3.05, 3.63) is 60.2 Å². The summed E-state index contributed by atoms with van der Waals surface area (Å²) in [7, 11) is -3.41. The summed E-state index contributed by atoms with van der Waals surface area (Å²) in [5, 5.41) is 0. The molecule has 7 heteroatoms. The van der Waals surface area contributed by atoms with Crippen molar-refractivity contribution in [2.75, 3.05) is 12.8 Å². The van der Waals surface area contributed by atoms with Crippen molar-refractivity contribution in [2.45, 2.75) is 57.7 Å². The van der Waals surface area contributed by atoms with Gasteiger partial charge in [-0.1, -0.05) is 61.5 Å². The minimum absolute atomic E-state index is 0.183. The molecule has 0 aliphatic carbocycles. The molecule has 1 heterocycles. The number of carbonyl (C=O) groups is 1. The number of likely N-dealkylation sites (tertiary alicyclic amines) is 1. The SMILES string of the molecule is CCC(C)OC(=O)N1CCCC(NS(C)(=O)=O)C1Cc1cccc(-c2ccccc2)c1. The Morgan fingerprint density at radius 1 is 1.16 bits per heavy atom. The Labute approximate surface area is 185 Å². The first-order valence-electron chi connectivity index (χ1n) is 10.9. The summed E-state index contributed by atoms with van der Waals surface area (Å²) in [6.45, 7) is 4.39. The summed E-state index contributed by atoms with van der Waals surface area (Å²) in [6, 6.07) is 17.6. The Bertz CT molecular complexity index is 978. The molecule has 1 amide bonds. The summed E-state index contributed by atoms with van der Waals surface area (Å²) in [6.07, 6.45) is 3.29. The number of nitrogens with one attached hydrogen (secondary N) is 1. The maximum absolute atomic E-state index is 12.9. The zero-order valence-corrected chi connectivity index (χ0v) is 19.3. The summed E-state index contributed by atoms with van der Waals surface area (Å²) in [5.74, 6) is 0. The molecule has 168 valence electrons. The molecule has 3 unspecified atom stereocenters. The van der Waals surface area contributed by atoms with Crippen LogP contribution >= 0.6 is 0 Å². The highest BCUT2D eigenvalue weighted by Crippen LogP contribution is 2.26. The van der Waals surface area contributed by atoms with Crippen molar-refractivity contribution in [3.63, 3.8) is 0 Å². The summed E-state index contributed by atoms with van der Waals surface area (Å²) < 4.78 is 32.3. The molecule has 3 atom stereocenters. The molecule has 1 N–H and O–H groups in total. The van der Waals surface area contributed by atoms with Gasteiger partial charge in [0.2, 0.25) is 10.0 Å². The van der Waals surface area contributed by atoms with Crippen LogP contribution in [0, 0.1) is 0 Å². The predicted molar refractivity (Wildman–Crippen MR) is 123 cm³/mol. The fourth-order valence-electron chi connectivity index (χ4n) is 4.02. The first-order valence-corrected chi connectivity index (χ1v) is 12.7. The van der Waals surface area contributed by atoms with Crippen LogP contribution in [0.15, 0.2) is 54.6 Å². The number of rotatable bonds is 7. The second kappa shape index (κ2) is 10.3. The molecule has 3 rings (SSSR count). The van der Waals surface area contributed by atoms with Crippen LogP contribution in [-0.2, 0) is 21.2 Å². The molecule has 2 aromatic carbocycles. The number of nitrogens with zero attached hydrogens (tertiary/aromatic N) is 1. The third kappa shape index (κ3) is 6.55. The average Bonchev–Trinajstić information content (AvgIpc) is 2.74. The highest BCUT2D eigenvalue weighted by Gasteiger charge is 2.37. The topological polar surface area (TPSA) is 75.7 Å². The van der Waals surface area contributed by atoms with Gasteiger partial charge in [0, 0.05) is 12.6 Å². The number of carbonyl (C=O) groups excluding carboxylic acids is 1. The fraction of sp³-hybridized carbons (Fsp3) is 0.458. The lowest BCUT2D eigenvalue weighted by Gasteiger charge is -2.41. The van der Waals surface area contributed by atoms with Crippen LogP contribution in [-0.4, -0.2) is 50.4 Å². The molecule has 31 heavy (non-hydrogen) atoms. The van der Waals surface area contributed by atoms with Crippen molar-refractivity contribution >= 4 is 16.1 Å². The van der Waals surface area contributed by atoms with E-state index in [1.165, 1.54) is 0 Å². The van der Waals surface area contributed by atoms with Gasteiger partial charge in [0.1, 0.15) is 6.10 Å². The van der Waals surface area contributed by atoms with Gasteiger partial charge in [-0.2, -0.15) is 0 Å². The lowest BCUT2D eigenvalue weighted by Crippen LogP contribution is -2.58.